The Kier molecular flexibility index (Phi) is 5.11. The normalized spacial score (nSPS) is 11.8. The maximum Gasteiger partial charge on any atom is 0.202 e. The van der Waals surface area contributed by atoms with Gasteiger partial charge in [-0.1, -0.05) is 20.8 Å². The molecule has 16 heavy (non-hydrogen) atoms. The highest BCUT2D eigenvalue weighted by Crippen LogP contribution is 2.22. The van der Waals surface area contributed by atoms with E-state index in [1.165, 1.54) is 11.5 Å². The lowest BCUT2D eigenvalue weighted by Crippen LogP contribution is -2.15. The molecule has 0 aliphatic heterocycles. The van der Waals surface area contributed by atoms with Gasteiger partial charge in [-0.25, -0.2) is 4.98 Å². The minimum atomic E-state index is 0.00643. The number of hydrogen-bond acceptors (Lipinski definition) is 6. The third kappa shape index (κ3) is 4.42. The van der Waals surface area contributed by atoms with Crippen molar-refractivity contribution in [3.05, 3.63) is 5.82 Å². The Hall–Kier alpha value is -0.720. The predicted octanol–water partition coefficient (Wildman–Crippen LogP) is 1.22. The molecule has 0 amide bonds. The number of rotatable bonds is 6. The van der Waals surface area contributed by atoms with Crippen molar-refractivity contribution in [3.8, 4) is 0 Å². The van der Waals surface area contributed by atoms with Gasteiger partial charge in [-0.05, 0) is 0 Å². The molecule has 0 bridgehead atoms. The lowest BCUT2D eigenvalue weighted by atomic mass is 9.96. The average molecular weight is 244 g/mol. The molecular weight excluding hydrogens is 224 g/mol. The van der Waals surface area contributed by atoms with Crippen molar-refractivity contribution in [2.24, 2.45) is 5.73 Å². The Morgan fingerprint density at radius 1 is 1.38 bits per heavy atom. The van der Waals surface area contributed by atoms with Crippen LogP contribution in [0.5, 0.6) is 0 Å². The van der Waals surface area contributed by atoms with Gasteiger partial charge in [0.1, 0.15) is 5.82 Å². The van der Waals surface area contributed by atoms with E-state index < -0.39 is 0 Å². The van der Waals surface area contributed by atoms with E-state index in [1.54, 1.807) is 0 Å². The summed E-state index contributed by atoms with van der Waals surface area (Å²) < 4.78 is 9.56. The summed E-state index contributed by atoms with van der Waals surface area (Å²) in [5, 5.41) is 4.02. The smallest absolute Gasteiger partial charge is 0.202 e. The number of nitrogens with zero attached hydrogens (tertiary/aromatic N) is 2. The van der Waals surface area contributed by atoms with Gasteiger partial charge in [0.2, 0.25) is 5.13 Å². The maximum atomic E-state index is 5.31. The highest BCUT2D eigenvalue weighted by Gasteiger charge is 2.19. The summed E-state index contributed by atoms with van der Waals surface area (Å²) in [6, 6.07) is 0. The first-order valence-corrected chi connectivity index (χ1v) is 6.17. The summed E-state index contributed by atoms with van der Waals surface area (Å²) in [6.07, 6.45) is 0. The maximum absolute atomic E-state index is 5.31. The van der Waals surface area contributed by atoms with Crippen LogP contribution in [0.3, 0.4) is 0 Å². The van der Waals surface area contributed by atoms with E-state index in [-0.39, 0.29) is 5.41 Å². The Morgan fingerprint density at radius 3 is 2.69 bits per heavy atom. The number of anilines is 1. The van der Waals surface area contributed by atoms with Crippen molar-refractivity contribution in [1.29, 1.82) is 0 Å². The van der Waals surface area contributed by atoms with Crippen LogP contribution in [0.4, 0.5) is 5.13 Å². The molecule has 0 saturated carbocycles. The molecule has 92 valence electrons. The Morgan fingerprint density at radius 2 is 2.12 bits per heavy atom. The van der Waals surface area contributed by atoms with Gasteiger partial charge in [-0.3, -0.25) is 0 Å². The van der Waals surface area contributed by atoms with Gasteiger partial charge < -0.3 is 15.8 Å². The quantitative estimate of drug-likeness (QED) is 0.736. The Bertz CT molecular complexity index is 308. The molecule has 3 N–H and O–H groups in total. The molecule has 5 nitrogen and oxygen atoms in total. The highest BCUT2D eigenvalue weighted by atomic mass is 32.1. The Labute approximate surface area is 101 Å². The lowest BCUT2D eigenvalue weighted by Gasteiger charge is -2.12. The van der Waals surface area contributed by atoms with Gasteiger partial charge >= 0.3 is 0 Å². The van der Waals surface area contributed by atoms with Crippen molar-refractivity contribution in [1.82, 2.24) is 9.36 Å². The highest BCUT2D eigenvalue weighted by molar-refractivity contribution is 7.09. The second-order valence-corrected chi connectivity index (χ2v) is 5.25. The minimum absolute atomic E-state index is 0.00643. The van der Waals surface area contributed by atoms with E-state index >= 15 is 0 Å². The molecule has 1 heterocycles. The van der Waals surface area contributed by atoms with Gasteiger partial charge in [0.05, 0.1) is 13.2 Å². The zero-order valence-electron chi connectivity index (χ0n) is 10.1. The number of hydrogen-bond donors (Lipinski definition) is 2. The molecule has 0 aliphatic carbocycles. The molecule has 1 rings (SSSR count). The first-order valence-electron chi connectivity index (χ1n) is 5.40. The van der Waals surface area contributed by atoms with Crippen LogP contribution in [0.1, 0.15) is 26.6 Å². The molecule has 0 fully saturated rings. The topological polar surface area (TPSA) is 73.1 Å². The van der Waals surface area contributed by atoms with Crippen molar-refractivity contribution >= 4 is 16.7 Å². The third-order valence-corrected chi connectivity index (χ3v) is 2.55. The average Bonchev–Trinajstić information content (AvgIpc) is 2.65. The van der Waals surface area contributed by atoms with E-state index in [0.717, 1.165) is 17.5 Å². The molecule has 0 aromatic carbocycles. The van der Waals surface area contributed by atoms with E-state index in [1.807, 2.05) is 0 Å². The Balaban J connectivity index is 2.30. The molecule has 0 radical (unpaired) electrons. The molecule has 0 aliphatic rings. The predicted molar refractivity (Wildman–Crippen MR) is 67.0 cm³/mol. The van der Waals surface area contributed by atoms with Crippen LogP contribution in [-0.4, -0.2) is 35.7 Å². The van der Waals surface area contributed by atoms with Crippen LogP contribution < -0.4 is 11.1 Å². The summed E-state index contributed by atoms with van der Waals surface area (Å²) in [7, 11) is 0. The molecule has 0 unspecified atom stereocenters. The number of ether oxygens (including phenoxy) is 1. The SMILES string of the molecule is CC(C)(C)c1nsc(NCCOCCN)n1. The van der Waals surface area contributed by atoms with Crippen molar-refractivity contribution < 1.29 is 4.74 Å². The van der Waals surface area contributed by atoms with E-state index in [9.17, 15) is 0 Å². The largest absolute Gasteiger partial charge is 0.378 e. The van der Waals surface area contributed by atoms with Crippen LogP contribution in [0.2, 0.25) is 0 Å². The number of nitrogens with two attached hydrogens (primary N) is 1. The second-order valence-electron chi connectivity index (χ2n) is 4.50. The summed E-state index contributed by atoms with van der Waals surface area (Å²) in [4.78, 5) is 4.42. The van der Waals surface area contributed by atoms with E-state index in [0.29, 0.717) is 19.8 Å². The van der Waals surface area contributed by atoms with Gasteiger partial charge in [0.15, 0.2) is 0 Å². The van der Waals surface area contributed by atoms with Gasteiger partial charge in [-0.15, -0.1) is 0 Å². The fourth-order valence-corrected chi connectivity index (χ4v) is 1.80. The van der Waals surface area contributed by atoms with Crippen LogP contribution in [0, 0.1) is 0 Å². The molecule has 1 aromatic heterocycles. The van der Waals surface area contributed by atoms with Crippen molar-refractivity contribution in [2.75, 3.05) is 31.6 Å². The minimum Gasteiger partial charge on any atom is -0.378 e. The van der Waals surface area contributed by atoms with Crippen LogP contribution >= 0.6 is 11.5 Å². The third-order valence-electron chi connectivity index (χ3n) is 1.88. The van der Waals surface area contributed by atoms with Crippen molar-refractivity contribution in [2.45, 2.75) is 26.2 Å². The first kappa shape index (κ1) is 13.3. The summed E-state index contributed by atoms with van der Waals surface area (Å²) in [5.41, 5.74) is 5.31. The zero-order valence-corrected chi connectivity index (χ0v) is 10.9. The van der Waals surface area contributed by atoms with Gasteiger partial charge in [0.25, 0.3) is 0 Å². The molecule has 0 spiro atoms. The molecule has 6 heteroatoms. The zero-order chi connectivity index (χ0) is 12.0. The lowest BCUT2D eigenvalue weighted by molar-refractivity contribution is 0.151. The molecular formula is C10H20N4OS. The van der Waals surface area contributed by atoms with Crippen molar-refractivity contribution in [3.63, 3.8) is 0 Å². The standard InChI is InChI=1S/C10H20N4OS/c1-10(2,3)8-13-9(16-14-8)12-5-7-15-6-4-11/h4-7,11H2,1-3H3,(H,12,13,14). The molecule has 1 aromatic rings. The fraction of sp³-hybridized carbons (Fsp3) is 0.800. The van der Waals surface area contributed by atoms with Crippen LogP contribution in [0.25, 0.3) is 0 Å². The molecule has 0 atom stereocenters. The second kappa shape index (κ2) is 6.12. The van der Waals surface area contributed by atoms with Gasteiger partial charge in [0, 0.05) is 30.0 Å². The summed E-state index contributed by atoms with van der Waals surface area (Å²) >= 11 is 1.39. The fourth-order valence-electron chi connectivity index (χ4n) is 1.02. The van der Waals surface area contributed by atoms with Crippen LogP contribution in [-0.2, 0) is 10.2 Å². The molecule has 0 saturated heterocycles. The number of nitrogens with one attached hydrogen (secondary N) is 1. The first-order chi connectivity index (χ1) is 7.54. The monoisotopic (exact) mass is 244 g/mol. The number of aromatic nitrogens is 2. The van der Waals surface area contributed by atoms with Gasteiger partial charge in [-0.2, -0.15) is 4.37 Å². The van der Waals surface area contributed by atoms with Crippen LogP contribution in [0.15, 0.2) is 0 Å². The summed E-state index contributed by atoms with van der Waals surface area (Å²) in [6.45, 7) is 8.84. The summed E-state index contributed by atoms with van der Waals surface area (Å²) in [5.74, 6) is 0.878. The van der Waals surface area contributed by atoms with E-state index in [2.05, 4.69) is 35.4 Å². The van der Waals surface area contributed by atoms with E-state index in [4.69, 9.17) is 10.5 Å².